The molecule has 1 atom stereocenters. The van der Waals surface area contributed by atoms with E-state index < -0.39 is 5.54 Å². The number of likely N-dealkylation sites (N-methyl/N-ethyl adjacent to an activating group) is 1. The van der Waals surface area contributed by atoms with Crippen molar-refractivity contribution in [2.24, 2.45) is 0 Å². The second-order valence-electron chi connectivity index (χ2n) is 6.36. The predicted molar refractivity (Wildman–Crippen MR) is 87.5 cm³/mol. The lowest BCUT2D eigenvalue weighted by molar-refractivity contribution is -0.133. The molecule has 1 saturated carbocycles. The van der Waals surface area contributed by atoms with Gasteiger partial charge in [-0.3, -0.25) is 9.59 Å². The molecule has 1 aromatic rings. The van der Waals surface area contributed by atoms with E-state index in [9.17, 15) is 14.0 Å². The topological polar surface area (TPSA) is 58.2 Å². The Morgan fingerprint density at radius 2 is 2.00 bits per heavy atom. The molecule has 1 aliphatic rings. The van der Waals surface area contributed by atoms with E-state index in [1.165, 1.54) is 12.1 Å². The highest BCUT2D eigenvalue weighted by Gasteiger charge is 2.42. The van der Waals surface area contributed by atoms with E-state index in [1.54, 1.807) is 6.07 Å². The molecular weight excluding hydrogens is 295 g/mol. The van der Waals surface area contributed by atoms with Crippen LogP contribution in [0.4, 0.5) is 4.39 Å². The third-order valence-corrected chi connectivity index (χ3v) is 4.52. The molecule has 2 N–H and O–H groups in total. The minimum atomic E-state index is -0.769. The first-order valence-corrected chi connectivity index (χ1v) is 8.31. The highest BCUT2D eigenvalue weighted by Crippen LogP contribution is 2.30. The van der Waals surface area contributed by atoms with Crippen LogP contribution in [0, 0.1) is 5.82 Å². The number of nitrogens with one attached hydrogen (secondary N) is 2. The molecule has 5 heteroatoms. The van der Waals surface area contributed by atoms with E-state index in [4.69, 9.17) is 0 Å². The molecule has 0 heterocycles. The van der Waals surface area contributed by atoms with Gasteiger partial charge in [-0.05, 0) is 43.4 Å². The van der Waals surface area contributed by atoms with Gasteiger partial charge in [-0.1, -0.05) is 31.9 Å². The van der Waals surface area contributed by atoms with Gasteiger partial charge in [0, 0.05) is 13.0 Å². The lowest BCUT2D eigenvalue weighted by Gasteiger charge is -2.29. The molecule has 0 unspecified atom stereocenters. The van der Waals surface area contributed by atoms with Crippen LogP contribution in [0.25, 0.3) is 0 Å². The summed E-state index contributed by atoms with van der Waals surface area (Å²) in [5.41, 5.74) is 0.0213. The number of carbonyl (C=O) groups is 2. The van der Waals surface area contributed by atoms with Crippen molar-refractivity contribution in [3.8, 4) is 0 Å². The van der Waals surface area contributed by atoms with Crippen LogP contribution in [0.5, 0.6) is 0 Å². The molecule has 0 aromatic heterocycles. The summed E-state index contributed by atoms with van der Waals surface area (Å²) in [7, 11) is 0. The average molecular weight is 320 g/mol. The first-order chi connectivity index (χ1) is 11.0. The number of hydrogen-bond acceptors (Lipinski definition) is 2. The Hall–Kier alpha value is -1.91. The van der Waals surface area contributed by atoms with Crippen LogP contribution >= 0.6 is 0 Å². The van der Waals surface area contributed by atoms with E-state index in [0.29, 0.717) is 19.4 Å². The highest BCUT2D eigenvalue weighted by molar-refractivity contribution is 5.91. The van der Waals surface area contributed by atoms with Gasteiger partial charge in [0.05, 0.1) is 0 Å². The van der Waals surface area contributed by atoms with E-state index >= 15 is 0 Å². The van der Waals surface area contributed by atoms with Crippen LogP contribution < -0.4 is 10.6 Å². The largest absolute Gasteiger partial charge is 0.354 e. The van der Waals surface area contributed by atoms with Gasteiger partial charge in [0.25, 0.3) is 0 Å². The fourth-order valence-corrected chi connectivity index (χ4v) is 3.24. The van der Waals surface area contributed by atoms with E-state index in [2.05, 4.69) is 10.6 Å². The smallest absolute Gasteiger partial charge is 0.245 e. The summed E-state index contributed by atoms with van der Waals surface area (Å²) >= 11 is 0. The van der Waals surface area contributed by atoms with Crippen molar-refractivity contribution in [2.45, 2.75) is 57.4 Å². The maximum atomic E-state index is 13.3. The maximum Gasteiger partial charge on any atom is 0.245 e. The molecule has 126 valence electrons. The van der Waals surface area contributed by atoms with Crippen molar-refractivity contribution in [3.05, 3.63) is 35.6 Å². The van der Waals surface area contributed by atoms with Gasteiger partial charge in [-0.15, -0.1) is 0 Å². The second-order valence-corrected chi connectivity index (χ2v) is 6.36. The standard InChI is InChI=1S/C18H25FN2O2/c1-3-20-17(23)18(9-4-5-10-18)21-16(22)11-13(2)14-7-6-8-15(19)12-14/h6-8,12-13H,3-5,9-11H2,1-2H3,(H,20,23)(H,21,22)/t13-/m1/s1. The summed E-state index contributed by atoms with van der Waals surface area (Å²) in [6.07, 6.45) is 3.48. The molecule has 2 rings (SSSR count). The SMILES string of the molecule is CCNC(=O)C1(NC(=O)C[C@@H](C)c2cccc(F)c2)CCCC1. The van der Waals surface area contributed by atoms with Gasteiger partial charge in [0.2, 0.25) is 11.8 Å². The molecule has 0 saturated heterocycles. The zero-order valence-corrected chi connectivity index (χ0v) is 13.8. The Kier molecular flexibility index (Phi) is 5.74. The Bertz CT molecular complexity index is 568. The van der Waals surface area contributed by atoms with E-state index in [-0.39, 0.29) is 30.0 Å². The summed E-state index contributed by atoms with van der Waals surface area (Å²) in [5, 5.41) is 5.77. The van der Waals surface area contributed by atoms with Gasteiger partial charge in [-0.2, -0.15) is 0 Å². The number of rotatable bonds is 6. The fraction of sp³-hybridized carbons (Fsp3) is 0.556. The zero-order chi connectivity index (χ0) is 16.9. The number of halogens is 1. The van der Waals surface area contributed by atoms with Crippen LogP contribution in [0.15, 0.2) is 24.3 Å². The fourth-order valence-electron chi connectivity index (χ4n) is 3.24. The van der Waals surface area contributed by atoms with Crippen LogP contribution in [0.1, 0.15) is 57.4 Å². The summed E-state index contributed by atoms with van der Waals surface area (Å²) in [5.74, 6) is -0.651. The summed E-state index contributed by atoms with van der Waals surface area (Å²) in [6, 6.07) is 6.30. The van der Waals surface area contributed by atoms with Gasteiger partial charge in [0.1, 0.15) is 11.4 Å². The zero-order valence-electron chi connectivity index (χ0n) is 13.8. The maximum absolute atomic E-state index is 13.3. The van der Waals surface area contributed by atoms with E-state index in [1.807, 2.05) is 19.9 Å². The molecule has 23 heavy (non-hydrogen) atoms. The minimum absolute atomic E-state index is 0.0933. The monoisotopic (exact) mass is 320 g/mol. The van der Waals surface area contributed by atoms with Crippen molar-refractivity contribution in [1.82, 2.24) is 10.6 Å². The molecular formula is C18H25FN2O2. The Balaban J connectivity index is 2.01. The Labute approximate surface area is 136 Å². The van der Waals surface area contributed by atoms with Gasteiger partial charge in [0.15, 0.2) is 0 Å². The third kappa shape index (κ3) is 4.30. The Morgan fingerprint density at radius 3 is 2.61 bits per heavy atom. The molecule has 0 spiro atoms. The lowest BCUT2D eigenvalue weighted by atomic mass is 9.93. The lowest BCUT2D eigenvalue weighted by Crippen LogP contribution is -2.57. The first kappa shape index (κ1) is 17.4. The summed E-state index contributed by atoms with van der Waals surface area (Å²) < 4.78 is 13.3. The molecule has 0 radical (unpaired) electrons. The van der Waals surface area contributed by atoms with Gasteiger partial charge >= 0.3 is 0 Å². The normalized spacial score (nSPS) is 17.5. The predicted octanol–water partition coefficient (Wildman–Crippen LogP) is 2.88. The van der Waals surface area contributed by atoms with Gasteiger partial charge < -0.3 is 10.6 Å². The third-order valence-electron chi connectivity index (χ3n) is 4.52. The first-order valence-electron chi connectivity index (χ1n) is 8.31. The van der Waals surface area contributed by atoms with Crippen molar-refractivity contribution < 1.29 is 14.0 Å². The van der Waals surface area contributed by atoms with Crippen LogP contribution in [0.3, 0.4) is 0 Å². The van der Waals surface area contributed by atoms with E-state index in [0.717, 1.165) is 18.4 Å². The molecule has 2 amide bonds. The van der Waals surface area contributed by atoms with Crippen molar-refractivity contribution in [2.75, 3.05) is 6.54 Å². The minimum Gasteiger partial charge on any atom is -0.354 e. The van der Waals surface area contributed by atoms with Crippen molar-refractivity contribution >= 4 is 11.8 Å². The number of carbonyl (C=O) groups excluding carboxylic acids is 2. The average Bonchev–Trinajstić information content (AvgIpc) is 2.97. The molecule has 0 aliphatic heterocycles. The second kappa shape index (κ2) is 7.57. The van der Waals surface area contributed by atoms with Crippen LogP contribution in [-0.4, -0.2) is 23.9 Å². The quantitative estimate of drug-likeness (QED) is 0.847. The number of hydrogen-bond donors (Lipinski definition) is 2. The number of benzene rings is 1. The van der Waals surface area contributed by atoms with Crippen molar-refractivity contribution in [1.29, 1.82) is 0 Å². The van der Waals surface area contributed by atoms with Gasteiger partial charge in [-0.25, -0.2) is 4.39 Å². The molecule has 1 aromatic carbocycles. The molecule has 1 aliphatic carbocycles. The van der Waals surface area contributed by atoms with Crippen LogP contribution in [-0.2, 0) is 9.59 Å². The summed E-state index contributed by atoms with van der Waals surface area (Å²) in [4.78, 5) is 24.7. The number of amides is 2. The summed E-state index contributed by atoms with van der Waals surface area (Å²) in [6.45, 7) is 4.31. The Morgan fingerprint density at radius 1 is 1.30 bits per heavy atom. The highest BCUT2D eigenvalue weighted by atomic mass is 19.1. The molecule has 1 fully saturated rings. The molecule has 0 bridgehead atoms. The van der Waals surface area contributed by atoms with Crippen LogP contribution in [0.2, 0.25) is 0 Å². The van der Waals surface area contributed by atoms with Crippen molar-refractivity contribution in [3.63, 3.8) is 0 Å². The molecule has 4 nitrogen and oxygen atoms in total.